The van der Waals surface area contributed by atoms with Crippen molar-refractivity contribution in [1.29, 1.82) is 5.26 Å². The fraction of sp³-hybridized carbons (Fsp3) is 0. The van der Waals surface area contributed by atoms with Crippen LogP contribution in [0.4, 0.5) is 5.69 Å². The van der Waals surface area contributed by atoms with Crippen molar-refractivity contribution in [3.63, 3.8) is 0 Å². The topological polar surface area (TPSA) is 51.1 Å². The first-order valence-electron chi connectivity index (χ1n) is 29.1. The smallest absolute Gasteiger partial charge is 0.220 e. The lowest BCUT2D eigenvalue weighted by Gasteiger charge is -2.26. The van der Waals surface area contributed by atoms with Crippen molar-refractivity contribution in [1.82, 2.24) is 9.13 Å². The molecule has 5 aromatic heterocycles. The van der Waals surface area contributed by atoms with E-state index in [1.54, 1.807) is 22.7 Å². The van der Waals surface area contributed by atoms with E-state index in [0.717, 1.165) is 136 Å². The van der Waals surface area contributed by atoms with Crippen molar-refractivity contribution >= 4 is 134 Å². The summed E-state index contributed by atoms with van der Waals surface area (Å²) in [5, 5.41) is 23.6. The second kappa shape index (κ2) is 19.1. The number of rotatable bonds is 7. The zero-order valence-corrected chi connectivity index (χ0v) is 48.1. The Morgan fingerprint density at radius 2 is 0.862 bits per heavy atom. The zero-order valence-electron chi connectivity index (χ0n) is 46.4. The summed E-state index contributed by atoms with van der Waals surface area (Å²) in [4.78, 5) is 4.69. The molecule has 0 aliphatic rings. The van der Waals surface area contributed by atoms with E-state index in [-0.39, 0.29) is 0 Å². The monoisotopic (exact) mass is 1140 g/mol. The van der Waals surface area contributed by atoms with Gasteiger partial charge in [0.15, 0.2) is 0 Å². The minimum atomic E-state index is 0.388. The molecule has 5 nitrogen and oxygen atoms in total. The van der Waals surface area contributed by atoms with E-state index in [0.29, 0.717) is 28.2 Å². The first kappa shape index (κ1) is 49.1. The van der Waals surface area contributed by atoms with Gasteiger partial charge in [0, 0.05) is 74.4 Å². The highest BCUT2D eigenvalue weighted by Crippen LogP contribution is 2.57. The molecule has 0 spiro atoms. The Morgan fingerprint density at radius 3 is 1.45 bits per heavy atom. The number of hydrogen-bond acceptors (Lipinski definition) is 4. The highest BCUT2D eigenvalue weighted by molar-refractivity contribution is 7.27. The minimum Gasteiger partial charge on any atom is -0.456 e. The molecule has 0 unspecified atom stereocenters. The van der Waals surface area contributed by atoms with Gasteiger partial charge < -0.3 is 13.6 Å². The molecule has 0 bridgehead atoms. The molecule has 0 atom stereocenters. The summed E-state index contributed by atoms with van der Waals surface area (Å²) in [6.07, 6.45) is 0. The summed E-state index contributed by atoms with van der Waals surface area (Å²) >= 11 is 3.61. The Balaban J connectivity index is 1.09. The highest BCUT2D eigenvalue weighted by Gasteiger charge is 2.34. The van der Waals surface area contributed by atoms with Crippen molar-refractivity contribution in [3.05, 3.63) is 284 Å². The van der Waals surface area contributed by atoms with Gasteiger partial charge in [-0.05, 0) is 99.1 Å². The molecule has 0 aliphatic carbocycles. The Bertz CT molecular complexity index is 5840. The maximum atomic E-state index is 12.6. The first-order valence-corrected chi connectivity index (χ1v) is 30.7. The van der Waals surface area contributed by atoms with Crippen molar-refractivity contribution in [2.24, 2.45) is 0 Å². The number of para-hydroxylation sites is 2. The number of aromatic nitrogens is 2. The number of nitriles is 1. The molecular formula is C80H44N4OS2. The SMILES string of the molecule is [C-]#[N+]c1c(-c2ccccc2)c(C#N)c(-n2c3c(cc(-c4ccccc4)c4c5ccccc5sc43)c3cc(-c4ccccc4)c4c5ccccc5sc4c32)c(-c2ccccc2)c1-n1c2ccccc2c2cc(-c3cccc4oc5ccccc5c34)ccc21. The van der Waals surface area contributed by atoms with Gasteiger partial charge in [0.05, 0.1) is 55.0 Å². The van der Waals surface area contributed by atoms with Gasteiger partial charge >= 0.3 is 0 Å². The summed E-state index contributed by atoms with van der Waals surface area (Å²) in [5.41, 5.74) is 17.5. The van der Waals surface area contributed by atoms with Gasteiger partial charge in [-0.1, -0.05) is 212 Å². The van der Waals surface area contributed by atoms with Crippen molar-refractivity contribution in [2.45, 2.75) is 0 Å². The summed E-state index contributed by atoms with van der Waals surface area (Å²) in [5.74, 6) is 0. The molecule has 0 fully saturated rings. The van der Waals surface area contributed by atoms with Crippen LogP contribution in [0.3, 0.4) is 0 Å². The summed E-state index contributed by atoms with van der Waals surface area (Å²) < 4.78 is 15.8. The van der Waals surface area contributed by atoms with Crippen LogP contribution >= 0.6 is 22.7 Å². The summed E-state index contributed by atoms with van der Waals surface area (Å²) in [6.45, 7) is 9.65. The third kappa shape index (κ3) is 7.10. The Kier molecular flexibility index (Phi) is 10.8. The van der Waals surface area contributed by atoms with Crippen LogP contribution in [-0.2, 0) is 0 Å². The van der Waals surface area contributed by atoms with Crippen molar-refractivity contribution in [3.8, 4) is 73.1 Å². The maximum absolute atomic E-state index is 12.6. The van der Waals surface area contributed by atoms with Crippen LogP contribution in [-0.4, -0.2) is 9.13 Å². The van der Waals surface area contributed by atoms with Crippen molar-refractivity contribution in [2.75, 3.05) is 0 Å². The van der Waals surface area contributed by atoms with E-state index in [2.05, 4.69) is 240 Å². The van der Waals surface area contributed by atoms with Gasteiger partial charge in [0.25, 0.3) is 0 Å². The number of thiophene rings is 2. The molecule has 0 saturated heterocycles. The number of benzene rings is 13. The lowest BCUT2D eigenvalue weighted by Crippen LogP contribution is -2.09. The number of fused-ring (bicyclic) bond motifs is 17. The quantitative estimate of drug-likeness (QED) is 0.149. The van der Waals surface area contributed by atoms with Crippen LogP contribution in [0, 0.1) is 17.9 Å². The lowest BCUT2D eigenvalue weighted by atomic mass is 9.88. The molecule has 5 heterocycles. The molecule has 87 heavy (non-hydrogen) atoms. The van der Waals surface area contributed by atoms with E-state index >= 15 is 0 Å². The fourth-order valence-electron chi connectivity index (χ4n) is 14.2. The summed E-state index contributed by atoms with van der Waals surface area (Å²) in [6, 6.07) is 97.5. The van der Waals surface area contributed by atoms with Crippen LogP contribution in [0.2, 0.25) is 0 Å². The third-order valence-electron chi connectivity index (χ3n) is 17.8. The van der Waals surface area contributed by atoms with Crippen molar-refractivity contribution < 1.29 is 4.42 Å². The predicted molar refractivity (Wildman–Crippen MR) is 366 cm³/mol. The molecule has 7 heteroatoms. The van der Waals surface area contributed by atoms with Crippen LogP contribution in [0.1, 0.15) is 5.56 Å². The average Bonchev–Trinajstić information content (AvgIpc) is 1.60. The molecule has 18 rings (SSSR count). The van der Waals surface area contributed by atoms with E-state index < -0.39 is 0 Å². The third-order valence-corrected chi connectivity index (χ3v) is 20.1. The lowest BCUT2D eigenvalue weighted by molar-refractivity contribution is 0.669. The second-order valence-corrected chi connectivity index (χ2v) is 24.4. The first-order chi connectivity index (χ1) is 43.1. The highest BCUT2D eigenvalue weighted by atomic mass is 32.1. The fourth-order valence-corrected chi connectivity index (χ4v) is 16.7. The van der Waals surface area contributed by atoms with Gasteiger partial charge in [-0.25, -0.2) is 4.85 Å². The van der Waals surface area contributed by atoms with Gasteiger partial charge in [0.1, 0.15) is 17.2 Å². The number of hydrogen-bond donors (Lipinski definition) is 0. The van der Waals surface area contributed by atoms with Crippen LogP contribution in [0.15, 0.2) is 271 Å². The van der Waals surface area contributed by atoms with Gasteiger partial charge in [-0.2, -0.15) is 5.26 Å². The van der Waals surface area contributed by atoms with Crippen LogP contribution < -0.4 is 0 Å². The largest absolute Gasteiger partial charge is 0.456 e. The molecule has 13 aromatic carbocycles. The molecule has 18 aromatic rings. The molecule has 0 radical (unpaired) electrons. The van der Waals surface area contributed by atoms with E-state index in [4.69, 9.17) is 9.26 Å². The normalized spacial score (nSPS) is 11.9. The second-order valence-electron chi connectivity index (χ2n) is 22.3. The molecule has 0 saturated carbocycles. The van der Waals surface area contributed by atoms with Crippen LogP contribution in [0.25, 0.3) is 178 Å². The predicted octanol–water partition coefficient (Wildman–Crippen LogP) is 23.3. The Labute approximate surface area is 506 Å². The Morgan fingerprint density at radius 1 is 0.368 bits per heavy atom. The number of nitrogens with zero attached hydrogens (tertiary/aromatic N) is 4. The Hall–Kier alpha value is -11.3. The van der Waals surface area contributed by atoms with Crippen LogP contribution in [0.5, 0.6) is 0 Å². The van der Waals surface area contributed by atoms with Gasteiger partial charge in [-0.3, -0.25) is 0 Å². The molecular weight excluding hydrogens is 1100 g/mol. The van der Waals surface area contributed by atoms with E-state index in [9.17, 15) is 11.8 Å². The number of furan rings is 1. The van der Waals surface area contributed by atoms with E-state index in [1.165, 1.54) is 20.2 Å². The summed E-state index contributed by atoms with van der Waals surface area (Å²) in [7, 11) is 0. The molecule has 0 amide bonds. The van der Waals surface area contributed by atoms with Gasteiger partial charge in [0.2, 0.25) is 5.69 Å². The molecule has 0 N–H and O–H groups in total. The van der Waals surface area contributed by atoms with Gasteiger partial charge in [-0.15, -0.1) is 22.7 Å². The standard InChI is InChI=1S/C80H44N4OS2/c1-82-74-69(49-27-10-4-11-28-49)62(46-81)75(70(50-29-12-5-13-30-50)78(74)83-63-36-18-14-31-53(63)59-43-51(41-42-64(59)83)52-35-22-38-66-71(52)54-32-15-19-37-65(54)85-66)84-76-60(44-57(47-23-6-2-7-24-47)72-55-33-16-20-39-67(55)86-79(72)76)61-45-58(48-25-8-3-9-26-48)73-56-34-17-21-40-68(56)87-80(73)77(61)84/h2-45H. The van der Waals surface area contributed by atoms with E-state index in [1.807, 2.05) is 42.5 Å². The average molecular weight is 1140 g/mol. The zero-order chi connectivity index (χ0) is 57.4. The molecule has 402 valence electrons. The minimum absolute atomic E-state index is 0.388. The molecule has 0 aliphatic heterocycles. The maximum Gasteiger partial charge on any atom is 0.220 e.